The maximum atomic E-state index is 11.7. The highest BCUT2D eigenvalue weighted by molar-refractivity contribution is 5.23. The molecule has 0 aromatic heterocycles. The van der Waals surface area contributed by atoms with E-state index in [0.717, 1.165) is 6.42 Å². The predicted molar refractivity (Wildman–Crippen MR) is 103 cm³/mol. The molecule has 2 aromatic rings. The van der Waals surface area contributed by atoms with Crippen molar-refractivity contribution in [2.24, 2.45) is 11.8 Å². The van der Waals surface area contributed by atoms with E-state index >= 15 is 0 Å². The maximum absolute atomic E-state index is 11.7. The number of hydrogen-bond acceptors (Lipinski definition) is 1. The van der Waals surface area contributed by atoms with Crippen LogP contribution in [0.25, 0.3) is 0 Å². The van der Waals surface area contributed by atoms with Gasteiger partial charge in [-0.25, -0.2) is 0 Å². The predicted octanol–water partition coefficient (Wildman–Crippen LogP) is 4.02. The minimum absolute atomic E-state index is 0.188. The second kappa shape index (κ2) is 7.55. The van der Waals surface area contributed by atoms with Crippen molar-refractivity contribution in [2.75, 3.05) is 0 Å². The van der Waals surface area contributed by atoms with Crippen molar-refractivity contribution in [1.29, 1.82) is 0 Å². The van der Waals surface area contributed by atoms with Gasteiger partial charge in [-0.2, -0.15) is 0 Å². The average molecular weight is 336 g/mol. The molecule has 2 nitrogen and oxygen atoms in total. The molecule has 132 valence electrons. The highest BCUT2D eigenvalue weighted by atomic mass is 16.3. The molecule has 0 radical (unpaired) electrons. The first-order chi connectivity index (χ1) is 12.0. The van der Waals surface area contributed by atoms with E-state index in [1.165, 1.54) is 11.1 Å². The summed E-state index contributed by atoms with van der Waals surface area (Å²) in [5.41, 5.74) is 1.85. The monoisotopic (exact) mass is 336 g/mol. The molecular formula is C23H30NO+. The van der Waals surface area contributed by atoms with E-state index in [0.29, 0.717) is 12.3 Å². The zero-order valence-electron chi connectivity index (χ0n) is 15.3. The molecule has 1 aliphatic heterocycles. The minimum atomic E-state index is -0.730. The lowest BCUT2D eigenvalue weighted by Gasteiger charge is -2.48. The Morgan fingerprint density at radius 3 is 2.16 bits per heavy atom. The molecule has 2 aromatic carbocycles. The van der Waals surface area contributed by atoms with Gasteiger partial charge in [0.25, 0.3) is 0 Å². The van der Waals surface area contributed by atoms with Gasteiger partial charge in [0.15, 0.2) is 0 Å². The molecule has 1 aliphatic rings. The standard InChI is InChI=1S/C23H29NO/c1-4-15-23(25)16-20(18-11-7-5-8-12-18)24-22(21(23)17(2)3)19-13-9-6-10-14-19/h4-14,17,20-22,24-25H,1,15-16H2,2-3H3/p+1/t20-,21-,22+,23+/m0/s1. The molecule has 1 saturated heterocycles. The number of quaternary nitrogens is 1. The van der Waals surface area contributed by atoms with Crippen LogP contribution in [0.15, 0.2) is 73.3 Å². The van der Waals surface area contributed by atoms with Crippen molar-refractivity contribution < 1.29 is 10.4 Å². The van der Waals surface area contributed by atoms with Gasteiger partial charge < -0.3 is 10.4 Å². The Morgan fingerprint density at radius 2 is 1.64 bits per heavy atom. The lowest BCUT2D eigenvalue weighted by molar-refractivity contribution is -0.758. The van der Waals surface area contributed by atoms with Crippen LogP contribution >= 0.6 is 0 Å². The lowest BCUT2D eigenvalue weighted by Crippen LogP contribution is -2.92. The molecule has 1 heterocycles. The highest BCUT2D eigenvalue weighted by Crippen LogP contribution is 2.44. The molecule has 25 heavy (non-hydrogen) atoms. The minimum Gasteiger partial charge on any atom is -0.389 e. The van der Waals surface area contributed by atoms with Gasteiger partial charge in [-0.3, -0.25) is 0 Å². The van der Waals surface area contributed by atoms with E-state index in [9.17, 15) is 5.11 Å². The van der Waals surface area contributed by atoms with E-state index in [4.69, 9.17) is 0 Å². The van der Waals surface area contributed by atoms with Crippen LogP contribution in [0.1, 0.15) is 49.9 Å². The molecule has 0 saturated carbocycles. The van der Waals surface area contributed by atoms with E-state index in [1.54, 1.807) is 0 Å². The Balaban J connectivity index is 2.04. The molecule has 0 bridgehead atoms. The average Bonchev–Trinajstić information content (AvgIpc) is 2.62. The third-order valence-corrected chi connectivity index (χ3v) is 5.65. The molecule has 1 fully saturated rings. The Hall–Kier alpha value is -1.90. The largest absolute Gasteiger partial charge is 0.389 e. The van der Waals surface area contributed by atoms with Crippen molar-refractivity contribution in [3.05, 3.63) is 84.4 Å². The topological polar surface area (TPSA) is 36.8 Å². The van der Waals surface area contributed by atoms with Gasteiger partial charge in [0.1, 0.15) is 12.1 Å². The Morgan fingerprint density at radius 1 is 1.08 bits per heavy atom. The first kappa shape index (κ1) is 17.9. The molecule has 0 spiro atoms. The van der Waals surface area contributed by atoms with Gasteiger partial charge in [0, 0.05) is 23.5 Å². The fourth-order valence-corrected chi connectivity index (χ4v) is 4.72. The normalized spacial score (nSPS) is 29.5. The van der Waals surface area contributed by atoms with E-state index in [2.05, 4.69) is 80.3 Å². The summed E-state index contributed by atoms with van der Waals surface area (Å²) in [6, 6.07) is 21.7. The quantitative estimate of drug-likeness (QED) is 0.795. The van der Waals surface area contributed by atoms with Crippen molar-refractivity contribution >= 4 is 0 Å². The molecule has 0 amide bonds. The highest BCUT2D eigenvalue weighted by Gasteiger charge is 2.51. The summed E-state index contributed by atoms with van der Waals surface area (Å²) in [4.78, 5) is 0. The van der Waals surface area contributed by atoms with Gasteiger partial charge in [0.05, 0.1) is 5.60 Å². The fourth-order valence-electron chi connectivity index (χ4n) is 4.72. The summed E-state index contributed by atoms with van der Waals surface area (Å²) in [5.74, 6) is 0.580. The Kier molecular flexibility index (Phi) is 5.41. The van der Waals surface area contributed by atoms with Gasteiger partial charge in [-0.15, -0.1) is 6.58 Å². The zero-order chi connectivity index (χ0) is 17.9. The summed E-state index contributed by atoms with van der Waals surface area (Å²) in [5, 5.41) is 14.1. The van der Waals surface area contributed by atoms with Crippen LogP contribution in [0, 0.1) is 11.8 Å². The summed E-state index contributed by atoms with van der Waals surface area (Å²) in [6.07, 6.45) is 3.27. The summed E-state index contributed by atoms with van der Waals surface area (Å²) in [6.45, 7) is 8.37. The van der Waals surface area contributed by atoms with Crippen molar-refractivity contribution in [2.45, 2.75) is 44.4 Å². The van der Waals surface area contributed by atoms with Crippen LogP contribution in [0.2, 0.25) is 0 Å². The van der Waals surface area contributed by atoms with Crippen LogP contribution in [0.4, 0.5) is 0 Å². The number of hydrogen-bond donors (Lipinski definition) is 2. The number of aliphatic hydroxyl groups is 1. The second-order valence-electron chi connectivity index (χ2n) is 7.72. The van der Waals surface area contributed by atoms with Crippen molar-refractivity contribution in [1.82, 2.24) is 0 Å². The molecule has 3 rings (SSSR count). The number of nitrogens with two attached hydrogens (primary N) is 1. The van der Waals surface area contributed by atoms with Gasteiger partial charge in [-0.1, -0.05) is 80.6 Å². The van der Waals surface area contributed by atoms with Crippen molar-refractivity contribution in [3.8, 4) is 0 Å². The number of rotatable bonds is 5. The summed E-state index contributed by atoms with van der Waals surface area (Å²) < 4.78 is 0. The van der Waals surface area contributed by atoms with E-state index in [-0.39, 0.29) is 18.0 Å². The van der Waals surface area contributed by atoms with E-state index < -0.39 is 5.60 Å². The molecule has 4 atom stereocenters. The van der Waals surface area contributed by atoms with Crippen LogP contribution < -0.4 is 5.32 Å². The van der Waals surface area contributed by atoms with E-state index in [1.807, 2.05) is 12.1 Å². The third kappa shape index (κ3) is 3.70. The van der Waals surface area contributed by atoms with Crippen LogP contribution in [-0.4, -0.2) is 10.7 Å². The molecular weight excluding hydrogens is 306 g/mol. The second-order valence-corrected chi connectivity index (χ2v) is 7.72. The summed E-state index contributed by atoms with van der Waals surface area (Å²) in [7, 11) is 0. The molecule has 0 aliphatic carbocycles. The molecule has 0 unspecified atom stereocenters. The van der Waals surface area contributed by atoms with Crippen LogP contribution in [0.5, 0.6) is 0 Å². The first-order valence-corrected chi connectivity index (χ1v) is 9.33. The van der Waals surface area contributed by atoms with Gasteiger partial charge in [0.2, 0.25) is 0 Å². The smallest absolute Gasteiger partial charge is 0.118 e. The lowest BCUT2D eigenvalue weighted by atomic mass is 9.65. The van der Waals surface area contributed by atoms with Crippen LogP contribution in [-0.2, 0) is 0 Å². The number of piperidine rings is 1. The SMILES string of the molecule is C=CC[C@@]1(O)C[C@@H](c2ccccc2)[NH2+][C@H](c2ccccc2)[C@@H]1C(C)C. The number of benzene rings is 2. The Bertz CT molecular complexity index is 682. The maximum Gasteiger partial charge on any atom is 0.118 e. The zero-order valence-corrected chi connectivity index (χ0v) is 15.3. The van der Waals surface area contributed by atoms with Crippen molar-refractivity contribution in [3.63, 3.8) is 0 Å². The van der Waals surface area contributed by atoms with Gasteiger partial charge >= 0.3 is 0 Å². The first-order valence-electron chi connectivity index (χ1n) is 9.33. The van der Waals surface area contributed by atoms with Crippen LogP contribution in [0.3, 0.4) is 0 Å². The molecule has 3 N–H and O–H groups in total. The Labute approximate surface area is 151 Å². The van der Waals surface area contributed by atoms with Gasteiger partial charge in [-0.05, 0) is 12.3 Å². The third-order valence-electron chi connectivity index (χ3n) is 5.65. The fraction of sp³-hybridized carbons (Fsp3) is 0.391. The summed E-state index contributed by atoms with van der Waals surface area (Å²) >= 11 is 0. The molecule has 2 heteroatoms.